The Morgan fingerprint density at radius 2 is 2.12 bits per heavy atom. The number of hydrogen-bond donors (Lipinski definition) is 2. The number of hydrazine groups is 1. The lowest BCUT2D eigenvalue weighted by Crippen LogP contribution is -2.42. The van der Waals surface area contributed by atoms with Crippen molar-refractivity contribution in [3.63, 3.8) is 0 Å². The van der Waals surface area contributed by atoms with Crippen molar-refractivity contribution in [3.05, 3.63) is 34.3 Å². The van der Waals surface area contributed by atoms with E-state index in [0.717, 1.165) is 12.8 Å². The van der Waals surface area contributed by atoms with E-state index in [4.69, 9.17) is 9.47 Å². The lowest BCUT2D eigenvalue weighted by atomic mass is 10.1. The van der Waals surface area contributed by atoms with Gasteiger partial charge in [0.2, 0.25) is 5.91 Å². The maximum atomic E-state index is 12.2. The van der Waals surface area contributed by atoms with Gasteiger partial charge in [0.05, 0.1) is 18.2 Å². The fraction of sp³-hybridized carbons (Fsp3) is 0.412. The maximum Gasteiger partial charge on any atom is 0.269 e. The third kappa shape index (κ3) is 4.74. The van der Waals surface area contributed by atoms with Gasteiger partial charge in [-0.1, -0.05) is 12.2 Å². The molecule has 0 aliphatic heterocycles. The summed E-state index contributed by atoms with van der Waals surface area (Å²) in [5, 5.41) is 0. The number of methoxy groups -OCH3 is 1. The van der Waals surface area contributed by atoms with E-state index in [1.165, 1.54) is 7.11 Å². The number of ether oxygens (including phenoxy) is 2. The van der Waals surface area contributed by atoms with E-state index in [2.05, 4.69) is 32.9 Å². The van der Waals surface area contributed by atoms with Crippen LogP contribution in [0, 0.1) is 5.92 Å². The Balaban J connectivity index is 1.97. The van der Waals surface area contributed by atoms with E-state index in [1.54, 1.807) is 12.1 Å². The van der Waals surface area contributed by atoms with Crippen molar-refractivity contribution in [2.45, 2.75) is 26.2 Å². The van der Waals surface area contributed by atoms with Crippen LogP contribution in [0.3, 0.4) is 0 Å². The van der Waals surface area contributed by atoms with E-state index in [-0.39, 0.29) is 11.8 Å². The molecule has 1 aromatic rings. The molecule has 0 radical (unpaired) electrons. The molecule has 130 valence electrons. The Bertz CT molecular complexity index is 646. The topological polar surface area (TPSA) is 76.7 Å². The number of hydrogen-bond acceptors (Lipinski definition) is 4. The summed E-state index contributed by atoms with van der Waals surface area (Å²) in [5.74, 6) is 0.596. The number of benzene rings is 1. The van der Waals surface area contributed by atoms with E-state index < -0.39 is 5.91 Å². The highest BCUT2D eigenvalue weighted by molar-refractivity contribution is 9.10. The minimum Gasteiger partial charge on any atom is -0.493 e. The second kappa shape index (κ2) is 8.73. The molecule has 7 heteroatoms. The Morgan fingerprint density at radius 1 is 1.33 bits per heavy atom. The van der Waals surface area contributed by atoms with E-state index in [9.17, 15) is 9.59 Å². The third-order valence-electron chi connectivity index (χ3n) is 3.66. The Labute approximate surface area is 149 Å². The highest BCUT2D eigenvalue weighted by Crippen LogP contribution is 2.36. The van der Waals surface area contributed by atoms with Crippen molar-refractivity contribution in [1.29, 1.82) is 0 Å². The van der Waals surface area contributed by atoms with Crippen LogP contribution >= 0.6 is 15.9 Å². The fourth-order valence-electron chi connectivity index (χ4n) is 2.49. The molecule has 2 amide bonds. The van der Waals surface area contributed by atoms with Crippen LogP contribution in [0.15, 0.2) is 28.8 Å². The summed E-state index contributed by atoms with van der Waals surface area (Å²) in [6.07, 6.45) is 6.46. The molecule has 0 bridgehead atoms. The standard InChI is InChI=1S/C17H21BrN2O4/c1-3-24-16-13(18)9-12(10-14(16)23-2)17(22)20-19-15(21)8-11-6-4-5-7-11/h4,6,9-11H,3,5,7-8H2,1-2H3,(H,19,21)(H,20,22)/t11-/m1/s1. The molecule has 1 aromatic carbocycles. The minimum atomic E-state index is -0.424. The van der Waals surface area contributed by atoms with Crippen molar-refractivity contribution in [3.8, 4) is 11.5 Å². The van der Waals surface area contributed by atoms with Crippen LogP contribution < -0.4 is 20.3 Å². The third-order valence-corrected chi connectivity index (χ3v) is 4.24. The van der Waals surface area contributed by atoms with Crippen LogP contribution in [0.25, 0.3) is 0 Å². The number of amides is 2. The molecule has 0 unspecified atom stereocenters. The number of rotatable bonds is 6. The zero-order valence-electron chi connectivity index (χ0n) is 13.7. The van der Waals surface area contributed by atoms with Gasteiger partial charge in [0.25, 0.3) is 5.91 Å². The predicted molar refractivity (Wildman–Crippen MR) is 94.0 cm³/mol. The first kappa shape index (κ1) is 18.3. The zero-order chi connectivity index (χ0) is 17.5. The maximum absolute atomic E-state index is 12.2. The first-order valence-corrected chi connectivity index (χ1v) is 8.60. The molecule has 0 heterocycles. The summed E-state index contributed by atoms with van der Waals surface area (Å²) in [6.45, 7) is 2.34. The molecular formula is C17H21BrN2O4. The predicted octanol–water partition coefficient (Wildman–Crippen LogP) is 2.97. The summed E-state index contributed by atoms with van der Waals surface area (Å²) in [4.78, 5) is 24.1. The van der Waals surface area contributed by atoms with Gasteiger partial charge in [0.15, 0.2) is 11.5 Å². The second-order valence-corrected chi connectivity index (χ2v) is 6.25. The number of halogens is 1. The van der Waals surface area contributed by atoms with Crippen LogP contribution in [0.5, 0.6) is 11.5 Å². The number of carbonyl (C=O) groups is 2. The molecule has 2 N–H and O–H groups in total. The summed E-state index contributed by atoms with van der Waals surface area (Å²) in [6, 6.07) is 3.19. The van der Waals surface area contributed by atoms with Gasteiger partial charge in [0.1, 0.15) is 0 Å². The van der Waals surface area contributed by atoms with Crippen LogP contribution in [0.4, 0.5) is 0 Å². The van der Waals surface area contributed by atoms with Gasteiger partial charge >= 0.3 is 0 Å². The van der Waals surface area contributed by atoms with Crippen molar-refractivity contribution >= 4 is 27.7 Å². The average molecular weight is 397 g/mol. The molecule has 0 fully saturated rings. The number of nitrogens with one attached hydrogen (secondary N) is 2. The summed E-state index contributed by atoms with van der Waals surface area (Å²) < 4.78 is 11.3. The minimum absolute atomic E-state index is 0.211. The molecule has 1 aliphatic rings. The molecular weight excluding hydrogens is 376 g/mol. The lowest BCUT2D eigenvalue weighted by molar-refractivity contribution is -0.122. The van der Waals surface area contributed by atoms with Crippen LogP contribution in [0.1, 0.15) is 36.5 Å². The molecule has 0 saturated carbocycles. The van der Waals surface area contributed by atoms with Crippen molar-refractivity contribution in [1.82, 2.24) is 10.9 Å². The van der Waals surface area contributed by atoms with Gasteiger partial charge in [-0.25, -0.2) is 0 Å². The molecule has 2 rings (SSSR count). The number of carbonyl (C=O) groups excluding carboxylic acids is 2. The SMILES string of the molecule is CCOc1c(Br)cc(C(=O)NNC(=O)C[C@@H]2C=CCC2)cc1OC. The first-order chi connectivity index (χ1) is 11.5. The van der Waals surface area contributed by atoms with Gasteiger partial charge in [-0.2, -0.15) is 0 Å². The molecule has 0 saturated heterocycles. The van der Waals surface area contributed by atoms with Crippen molar-refractivity contribution in [2.24, 2.45) is 5.92 Å². The van der Waals surface area contributed by atoms with Crippen LogP contribution in [-0.4, -0.2) is 25.5 Å². The molecule has 6 nitrogen and oxygen atoms in total. The monoisotopic (exact) mass is 396 g/mol. The van der Waals surface area contributed by atoms with Crippen LogP contribution in [0.2, 0.25) is 0 Å². The normalized spacial score (nSPS) is 15.9. The summed E-state index contributed by atoms with van der Waals surface area (Å²) in [7, 11) is 1.50. The average Bonchev–Trinajstić information content (AvgIpc) is 3.07. The van der Waals surface area contributed by atoms with Crippen LogP contribution in [-0.2, 0) is 4.79 Å². The smallest absolute Gasteiger partial charge is 0.269 e. The molecule has 24 heavy (non-hydrogen) atoms. The summed E-state index contributed by atoms with van der Waals surface area (Å²) >= 11 is 3.37. The van der Waals surface area contributed by atoms with Gasteiger partial charge in [-0.3, -0.25) is 20.4 Å². The zero-order valence-corrected chi connectivity index (χ0v) is 15.3. The van der Waals surface area contributed by atoms with Gasteiger partial charge in [-0.15, -0.1) is 0 Å². The van der Waals surface area contributed by atoms with E-state index >= 15 is 0 Å². The van der Waals surface area contributed by atoms with Crippen molar-refractivity contribution in [2.75, 3.05) is 13.7 Å². The van der Waals surface area contributed by atoms with Crippen molar-refractivity contribution < 1.29 is 19.1 Å². The molecule has 1 atom stereocenters. The van der Waals surface area contributed by atoms with Gasteiger partial charge in [0, 0.05) is 12.0 Å². The lowest BCUT2D eigenvalue weighted by Gasteiger charge is -2.14. The second-order valence-electron chi connectivity index (χ2n) is 5.39. The number of allylic oxidation sites excluding steroid dienone is 2. The molecule has 1 aliphatic carbocycles. The molecule has 0 aromatic heterocycles. The van der Waals surface area contributed by atoms with Gasteiger partial charge in [-0.05, 0) is 53.7 Å². The van der Waals surface area contributed by atoms with E-state index in [1.807, 2.05) is 13.0 Å². The largest absolute Gasteiger partial charge is 0.493 e. The molecule has 0 spiro atoms. The highest BCUT2D eigenvalue weighted by atomic mass is 79.9. The Hall–Kier alpha value is -2.02. The quantitative estimate of drug-likeness (QED) is 0.572. The van der Waals surface area contributed by atoms with Gasteiger partial charge < -0.3 is 9.47 Å². The Morgan fingerprint density at radius 3 is 2.75 bits per heavy atom. The highest BCUT2D eigenvalue weighted by Gasteiger charge is 2.17. The Kier molecular flexibility index (Phi) is 6.66. The summed E-state index contributed by atoms with van der Waals surface area (Å²) in [5.41, 5.74) is 5.22. The fourth-order valence-corrected chi connectivity index (χ4v) is 3.04. The van der Waals surface area contributed by atoms with E-state index in [0.29, 0.717) is 34.6 Å². The first-order valence-electron chi connectivity index (χ1n) is 7.81.